The number of imidazole rings is 1. The van der Waals surface area contributed by atoms with Gasteiger partial charge in [-0.05, 0) is 48.9 Å². The Hall–Kier alpha value is -4.19. The second-order valence-corrected chi connectivity index (χ2v) is 7.32. The molecule has 2 aromatic heterocycles. The van der Waals surface area contributed by atoms with Gasteiger partial charge < -0.3 is 10.6 Å². The van der Waals surface area contributed by atoms with Crippen molar-refractivity contribution in [3.63, 3.8) is 0 Å². The molecular formula is C25H22N6. The summed E-state index contributed by atoms with van der Waals surface area (Å²) in [6.45, 7) is 2.10. The molecular weight excluding hydrogens is 384 g/mol. The smallest absolute Gasteiger partial charge is 0.225 e. The molecule has 0 saturated heterocycles. The minimum absolute atomic E-state index is 0.0996. The highest BCUT2D eigenvalue weighted by molar-refractivity contribution is 5.82. The highest BCUT2D eigenvalue weighted by Gasteiger charge is 2.10. The Morgan fingerprint density at radius 2 is 1.58 bits per heavy atom. The van der Waals surface area contributed by atoms with Crippen LogP contribution in [0.4, 0.5) is 17.3 Å². The summed E-state index contributed by atoms with van der Waals surface area (Å²) in [6.07, 6.45) is 3.56. The van der Waals surface area contributed by atoms with E-state index in [1.807, 2.05) is 71.3 Å². The molecule has 0 aliphatic heterocycles. The molecule has 0 bridgehead atoms. The second-order valence-electron chi connectivity index (χ2n) is 7.32. The van der Waals surface area contributed by atoms with Crippen LogP contribution in [0.15, 0.2) is 97.5 Å². The third kappa shape index (κ3) is 4.09. The molecule has 152 valence electrons. The van der Waals surface area contributed by atoms with E-state index < -0.39 is 0 Å². The third-order valence-electron chi connectivity index (χ3n) is 5.14. The molecule has 0 saturated carbocycles. The van der Waals surface area contributed by atoms with E-state index in [1.54, 1.807) is 12.5 Å². The van der Waals surface area contributed by atoms with Gasteiger partial charge in [0.25, 0.3) is 0 Å². The zero-order valence-corrected chi connectivity index (χ0v) is 17.1. The molecule has 2 N–H and O–H groups in total. The van der Waals surface area contributed by atoms with E-state index in [9.17, 15) is 0 Å². The van der Waals surface area contributed by atoms with E-state index in [-0.39, 0.29) is 6.04 Å². The predicted octanol–water partition coefficient (Wildman–Crippen LogP) is 5.73. The molecule has 0 amide bonds. The van der Waals surface area contributed by atoms with Gasteiger partial charge in [0, 0.05) is 17.6 Å². The predicted molar refractivity (Wildman–Crippen MR) is 125 cm³/mol. The number of nitrogens with zero attached hydrogens (tertiary/aromatic N) is 4. The van der Waals surface area contributed by atoms with Gasteiger partial charge >= 0.3 is 0 Å². The largest absolute Gasteiger partial charge is 0.355 e. The fourth-order valence-electron chi connectivity index (χ4n) is 3.53. The van der Waals surface area contributed by atoms with Crippen molar-refractivity contribution < 1.29 is 0 Å². The Labute approximate surface area is 180 Å². The number of anilines is 3. The van der Waals surface area contributed by atoms with Crippen molar-refractivity contribution in [1.82, 2.24) is 19.5 Å². The van der Waals surface area contributed by atoms with Gasteiger partial charge in [0.1, 0.15) is 12.1 Å². The zero-order valence-electron chi connectivity index (χ0n) is 17.1. The number of hydrogen-bond acceptors (Lipinski definition) is 5. The SMILES string of the molecule is C[C@H](Nc1nccc(-n2cnc3cc(Nc4ccccc4)ccc32)n1)c1ccccc1. The molecule has 0 fully saturated rings. The minimum Gasteiger partial charge on any atom is -0.355 e. The van der Waals surface area contributed by atoms with Crippen LogP contribution in [0.25, 0.3) is 16.9 Å². The Balaban J connectivity index is 1.40. The van der Waals surface area contributed by atoms with Crippen molar-refractivity contribution in [2.45, 2.75) is 13.0 Å². The third-order valence-corrected chi connectivity index (χ3v) is 5.14. The number of nitrogens with one attached hydrogen (secondary N) is 2. The van der Waals surface area contributed by atoms with E-state index in [4.69, 9.17) is 4.98 Å². The first-order valence-corrected chi connectivity index (χ1v) is 10.2. The molecule has 5 rings (SSSR count). The Kier molecular flexibility index (Phi) is 5.02. The highest BCUT2D eigenvalue weighted by atomic mass is 15.2. The van der Waals surface area contributed by atoms with Crippen LogP contribution >= 0.6 is 0 Å². The van der Waals surface area contributed by atoms with E-state index in [0.717, 1.165) is 28.2 Å². The van der Waals surface area contributed by atoms with Gasteiger partial charge in [-0.15, -0.1) is 0 Å². The summed E-state index contributed by atoms with van der Waals surface area (Å²) in [5.41, 5.74) is 5.10. The number of rotatable bonds is 6. The van der Waals surface area contributed by atoms with Crippen LogP contribution in [0.3, 0.4) is 0 Å². The van der Waals surface area contributed by atoms with Crippen LogP contribution in [0.1, 0.15) is 18.5 Å². The van der Waals surface area contributed by atoms with Crippen molar-refractivity contribution in [3.8, 4) is 5.82 Å². The average Bonchev–Trinajstić information content (AvgIpc) is 3.24. The van der Waals surface area contributed by atoms with Gasteiger partial charge in [0.2, 0.25) is 5.95 Å². The van der Waals surface area contributed by atoms with Crippen molar-refractivity contribution in [2.24, 2.45) is 0 Å². The van der Waals surface area contributed by atoms with Crippen molar-refractivity contribution in [3.05, 3.63) is 103 Å². The molecule has 6 heteroatoms. The lowest BCUT2D eigenvalue weighted by Crippen LogP contribution is -2.10. The first-order valence-electron chi connectivity index (χ1n) is 10.2. The fourth-order valence-corrected chi connectivity index (χ4v) is 3.53. The van der Waals surface area contributed by atoms with Gasteiger partial charge in [-0.3, -0.25) is 4.57 Å². The van der Waals surface area contributed by atoms with Gasteiger partial charge in [-0.2, -0.15) is 4.98 Å². The normalized spacial score (nSPS) is 11.9. The quantitative estimate of drug-likeness (QED) is 0.377. The molecule has 3 aromatic carbocycles. The topological polar surface area (TPSA) is 67.7 Å². The first kappa shape index (κ1) is 18.8. The number of benzene rings is 3. The number of fused-ring (bicyclic) bond motifs is 1. The van der Waals surface area contributed by atoms with Crippen LogP contribution in [-0.2, 0) is 0 Å². The lowest BCUT2D eigenvalue weighted by Gasteiger charge is -2.14. The lowest BCUT2D eigenvalue weighted by atomic mass is 10.1. The molecule has 1 atom stereocenters. The van der Waals surface area contributed by atoms with Gasteiger partial charge in [-0.1, -0.05) is 48.5 Å². The van der Waals surface area contributed by atoms with Crippen LogP contribution in [0, 0.1) is 0 Å². The highest BCUT2D eigenvalue weighted by Crippen LogP contribution is 2.24. The Bertz CT molecular complexity index is 1300. The molecule has 6 nitrogen and oxygen atoms in total. The fraction of sp³-hybridized carbons (Fsp3) is 0.0800. The van der Waals surface area contributed by atoms with Gasteiger partial charge in [-0.25, -0.2) is 9.97 Å². The average molecular weight is 406 g/mol. The summed E-state index contributed by atoms with van der Waals surface area (Å²) in [7, 11) is 0. The molecule has 2 heterocycles. The minimum atomic E-state index is 0.0996. The summed E-state index contributed by atoms with van der Waals surface area (Å²) in [5.74, 6) is 1.35. The Morgan fingerprint density at radius 3 is 2.39 bits per heavy atom. The van der Waals surface area contributed by atoms with Crippen LogP contribution in [0.5, 0.6) is 0 Å². The van der Waals surface area contributed by atoms with Crippen LogP contribution in [0.2, 0.25) is 0 Å². The zero-order chi connectivity index (χ0) is 21.0. The van der Waals surface area contributed by atoms with E-state index >= 15 is 0 Å². The van der Waals surface area contributed by atoms with E-state index in [1.165, 1.54) is 5.56 Å². The van der Waals surface area contributed by atoms with E-state index in [2.05, 4.69) is 45.7 Å². The van der Waals surface area contributed by atoms with E-state index in [0.29, 0.717) is 5.95 Å². The molecule has 0 aliphatic rings. The van der Waals surface area contributed by atoms with Crippen molar-refractivity contribution >= 4 is 28.4 Å². The summed E-state index contributed by atoms with van der Waals surface area (Å²) in [4.78, 5) is 13.7. The molecule has 5 aromatic rings. The molecule has 0 spiro atoms. The van der Waals surface area contributed by atoms with Gasteiger partial charge in [0.05, 0.1) is 17.1 Å². The lowest BCUT2D eigenvalue weighted by molar-refractivity contribution is 0.854. The standard InChI is InChI=1S/C25H22N6/c1-18(19-8-4-2-5-9-19)28-25-26-15-14-24(30-25)31-17-27-22-16-21(12-13-23(22)31)29-20-10-6-3-7-11-20/h2-18,29H,1H3,(H,26,28,30)/t18-/m0/s1. The monoisotopic (exact) mass is 406 g/mol. The molecule has 0 unspecified atom stereocenters. The number of para-hydroxylation sites is 1. The number of aromatic nitrogens is 4. The van der Waals surface area contributed by atoms with Gasteiger partial charge in [0.15, 0.2) is 0 Å². The Morgan fingerprint density at radius 1 is 0.806 bits per heavy atom. The van der Waals surface area contributed by atoms with Crippen molar-refractivity contribution in [1.29, 1.82) is 0 Å². The maximum Gasteiger partial charge on any atom is 0.225 e. The number of hydrogen-bond donors (Lipinski definition) is 2. The summed E-state index contributed by atoms with van der Waals surface area (Å²) in [5, 5.41) is 6.79. The molecule has 31 heavy (non-hydrogen) atoms. The maximum absolute atomic E-state index is 4.71. The summed E-state index contributed by atoms with van der Waals surface area (Å²) in [6, 6.07) is 28.5. The van der Waals surface area contributed by atoms with Crippen LogP contribution < -0.4 is 10.6 Å². The summed E-state index contributed by atoms with van der Waals surface area (Å²) >= 11 is 0. The summed E-state index contributed by atoms with van der Waals surface area (Å²) < 4.78 is 1.97. The molecule has 0 aliphatic carbocycles. The van der Waals surface area contributed by atoms with Crippen LogP contribution in [-0.4, -0.2) is 19.5 Å². The van der Waals surface area contributed by atoms with Crippen molar-refractivity contribution in [2.75, 3.05) is 10.6 Å². The molecule has 0 radical (unpaired) electrons. The first-order chi connectivity index (χ1) is 15.3. The second kappa shape index (κ2) is 8.28. The maximum atomic E-state index is 4.71.